The SMILES string of the molecule is CCCCC/C=C\C/C=C\CCCCCCCCCCCC(=O)OCCCCCCCCCCC/C=C\C/C=C\CCCCCCCCCCCCCCCCCC(=O)NC(CO)C(O)CCCCCCCCCCCCCCCCCCC. The lowest BCUT2D eigenvalue weighted by Crippen LogP contribution is -2.45. The summed E-state index contributed by atoms with van der Waals surface area (Å²) in [5, 5.41) is 23.4. The summed E-state index contributed by atoms with van der Waals surface area (Å²) in [6, 6.07) is -0.542. The van der Waals surface area contributed by atoms with Crippen molar-refractivity contribution in [1.82, 2.24) is 5.32 Å². The van der Waals surface area contributed by atoms with Gasteiger partial charge in [-0.3, -0.25) is 9.59 Å². The van der Waals surface area contributed by atoms with Gasteiger partial charge in [-0.2, -0.15) is 0 Å². The highest BCUT2D eigenvalue weighted by atomic mass is 16.5. The third-order valence-corrected chi connectivity index (χ3v) is 17.6. The predicted molar refractivity (Wildman–Crippen MR) is 370 cm³/mol. The number of hydrogen-bond acceptors (Lipinski definition) is 5. The van der Waals surface area contributed by atoms with Gasteiger partial charge in [0, 0.05) is 12.8 Å². The maximum absolute atomic E-state index is 12.5. The van der Waals surface area contributed by atoms with Crippen LogP contribution in [0.1, 0.15) is 412 Å². The van der Waals surface area contributed by atoms with Gasteiger partial charge in [-0.25, -0.2) is 0 Å². The minimum atomic E-state index is -0.665. The van der Waals surface area contributed by atoms with E-state index in [0.717, 1.165) is 57.8 Å². The van der Waals surface area contributed by atoms with Crippen molar-refractivity contribution >= 4 is 11.9 Å². The summed E-state index contributed by atoms with van der Waals surface area (Å²) in [5.74, 6) is -0.0214. The van der Waals surface area contributed by atoms with E-state index in [1.165, 1.54) is 321 Å². The second-order valence-electron chi connectivity index (χ2n) is 26.0. The van der Waals surface area contributed by atoms with Crippen molar-refractivity contribution in [1.29, 1.82) is 0 Å². The number of unbranched alkanes of at least 4 members (excludes halogenated alkanes) is 52. The molecule has 0 aliphatic rings. The van der Waals surface area contributed by atoms with E-state index in [1.807, 2.05) is 0 Å². The number of carbonyl (C=O) groups excluding carboxylic acids is 2. The summed E-state index contributed by atoms with van der Waals surface area (Å²) in [7, 11) is 0. The zero-order chi connectivity index (χ0) is 60.6. The van der Waals surface area contributed by atoms with Crippen LogP contribution in [0.3, 0.4) is 0 Å². The van der Waals surface area contributed by atoms with E-state index in [4.69, 9.17) is 4.74 Å². The number of allylic oxidation sites excluding steroid dienone is 8. The Morgan fingerprint density at radius 2 is 0.595 bits per heavy atom. The van der Waals surface area contributed by atoms with Crippen LogP contribution < -0.4 is 5.32 Å². The molecule has 2 atom stereocenters. The number of aliphatic hydroxyl groups excluding tert-OH is 2. The molecule has 0 aromatic carbocycles. The quantitative estimate of drug-likeness (QED) is 0.0320. The predicted octanol–water partition coefficient (Wildman–Crippen LogP) is 24.8. The molecule has 0 radical (unpaired) electrons. The summed E-state index contributed by atoms with van der Waals surface area (Å²) >= 11 is 0. The topological polar surface area (TPSA) is 95.9 Å². The Morgan fingerprint density at radius 3 is 0.929 bits per heavy atom. The van der Waals surface area contributed by atoms with Crippen LogP contribution in [0, 0.1) is 0 Å². The molecular formula is C78H147NO5. The number of amides is 1. The molecule has 6 nitrogen and oxygen atoms in total. The molecule has 2 unspecified atom stereocenters. The number of rotatable bonds is 71. The molecule has 0 aliphatic carbocycles. The first-order chi connectivity index (χ1) is 41.5. The van der Waals surface area contributed by atoms with E-state index in [-0.39, 0.29) is 18.5 Å². The average molecular weight is 1180 g/mol. The van der Waals surface area contributed by atoms with E-state index in [1.54, 1.807) is 0 Å². The molecule has 0 aromatic rings. The average Bonchev–Trinajstić information content (AvgIpc) is 3.51. The Labute approximate surface area is 525 Å². The molecular weight excluding hydrogens is 1030 g/mol. The number of ether oxygens (including phenoxy) is 1. The van der Waals surface area contributed by atoms with Crippen LogP contribution in [0.2, 0.25) is 0 Å². The van der Waals surface area contributed by atoms with Crippen LogP contribution >= 0.6 is 0 Å². The largest absolute Gasteiger partial charge is 0.466 e. The fourth-order valence-electron chi connectivity index (χ4n) is 11.8. The number of carbonyl (C=O) groups is 2. The molecule has 84 heavy (non-hydrogen) atoms. The van der Waals surface area contributed by atoms with E-state index in [9.17, 15) is 19.8 Å². The first kappa shape index (κ1) is 81.8. The van der Waals surface area contributed by atoms with Gasteiger partial charge in [0.15, 0.2) is 0 Å². The summed E-state index contributed by atoms with van der Waals surface area (Å²) in [4.78, 5) is 24.6. The van der Waals surface area contributed by atoms with Crippen LogP contribution in [0.15, 0.2) is 48.6 Å². The molecule has 3 N–H and O–H groups in total. The lowest BCUT2D eigenvalue weighted by molar-refractivity contribution is -0.143. The van der Waals surface area contributed by atoms with Crippen LogP contribution in [-0.2, 0) is 14.3 Å². The normalized spacial score (nSPS) is 12.8. The van der Waals surface area contributed by atoms with Crippen molar-refractivity contribution in [2.75, 3.05) is 13.2 Å². The Kier molecular flexibility index (Phi) is 71.4. The lowest BCUT2D eigenvalue weighted by Gasteiger charge is -2.22. The van der Waals surface area contributed by atoms with Gasteiger partial charge in [-0.1, -0.05) is 358 Å². The first-order valence-electron chi connectivity index (χ1n) is 37.9. The summed E-state index contributed by atoms with van der Waals surface area (Å²) < 4.78 is 5.51. The van der Waals surface area contributed by atoms with Gasteiger partial charge >= 0.3 is 5.97 Å². The molecule has 6 heteroatoms. The molecule has 494 valence electrons. The van der Waals surface area contributed by atoms with Gasteiger partial charge in [-0.05, 0) is 89.9 Å². The van der Waals surface area contributed by atoms with Crippen LogP contribution in [-0.4, -0.2) is 47.4 Å². The minimum Gasteiger partial charge on any atom is -0.466 e. The van der Waals surface area contributed by atoms with Gasteiger partial charge in [0.1, 0.15) is 0 Å². The van der Waals surface area contributed by atoms with E-state index >= 15 is 0 Å². The highest BCUT2D eigenvalue weighted by Crippen LogP contribution is 2.19. The molecule has 0 fully saturated rings. The van der Waals surface area contributed by atoms with Gasteiger partial charge < -0.3 is 20.3 Å². The standard InChI is InChI=1S/C78H147NO5/c1-3-5-7-9-11-13-15-17-19-21-35-40-44-48-52-56-60-64-68-72-78(83)84-73-69-65-61-57-53-49-45-41-37-34-32-30-28-26-24-22-23-25-27-29-31-33-36-39-43-47-51-55-59-63-67-71-77(82)79-75(74-80)76(81)70-66-62-58-54-50-46-42-38-20-18-16-14-12-10-8-6-4-2/h11,13,17,19,24,26,30,32,75-76,80-81H,3-10,12,14-16,18,20-23,25,27-29,31,33-74H2,1-2H3,(H,79,82)/b13-11-,19-17-,26-24-,32-30-. The molecule has 0 aliphatic heterocycles. The Balaban J connectivity index is 3.38. The third-order valence-electron chi connectivity index (χ3n) is 17.6. The van der Waals surface area contributed by atoms with Crippen molar-refractivity contribution in [3.8, 4) is 0 Å². The lowest BCUT2D eigenvalue weighted by atomic mass is 10.0. The van der Waals surface area contributed by atoms with E-state index in [0.29, 0.717) is 25.9 Å². The number of esters is 1. The van der Waals surface area contributed by atoms with Gasteiger partial charge in [0.25, 0.3) is 0 Å². The molecule has 0 spiro atoms. The van der Waals surface area contributed by atoms with Crippen molar-refractivity contribution in [2.24, 2.45) is 0 Å². The molecule has 1 amide bonds. The zero-order valence-electron chi connectivity index (χ0n) is 56.6. The highest BCUT2D eigenvalue weighted by Gasteiger charge is 2.20. The molecule has 0 saturated carbocycles. The van der Waals surface area contributed by atoms with Crippen LogP contribution in [0.25, 0.3) is 0 Å². The maximum Gasteiger partial charge on any atom is 0.305 e. The number of nitrogens with one attached hydrogen (secondary N) is 1. The minimum absolute atomic E-state index is 0.00980. The number of aliphatic hydroxyl groups is 2. The summed E-state index contributed by atoms with van der Waals surface area (Å²) in [6.45, 7) is 4.96. The van der Waals surface area contributed by atoms with Crippen molar-refractivity contribution in [3.05, 3.63) is 48.6 Å². The van der Waals surface area contributed by atoms with Crippen molar-refractivity contribution < 1.29 is 24.5 Å². The van der Waals surface area contributed by atoms with Crippen molar-refractivity contribution in [2.45, 2.75) is 424 Å². The maximum atomic E-state index is 12.5. The summed E-state index contributed by atoms with van der Waals surface area (Å²) in [5.41, 5.74) is 0. The van der Waals surface area contributed by atoms with Crippen LogP contribution in [0.4, 0.5) is 0 Å². The fourth-order valence-corrected chi connectivity index (χ4v) is 11.8. The first-order valence-corrected chi connectivity index (χ1v) is 37.9. The van der Waals surface area contributed by atoms with Crippen LogP contribution in [0.5, 0.6) is 0 Å². The van der Waals surface area contributed by atoms with E-state index in [2.05, 4.69) is 67.8 Å². The smallest absolute Gasteiger partial charge is 0.305 e. The zero-order valence-corrected chi connectivity index (χ0v) is 56.6. The Hall–Kier alpha value is -2.18. The van der Waals surface area contributed by atoms with Gasteiger partial charge in [0.05, 0.1) is 25.4 Å². The summed E-state index contributed by atoms with van der Waals surface area (Å²) in [6.07, 6.45) is 96.1. The molecule has 0 heterocycles. The van der Waals surface area contributed by atoms with E-state index < -0.39 is 12.1 Å². The fraction of sp³-hybridized carbons (Fsp3) is 0.872. The molecule has 0 saturated heterocycles. The second kappa shape index (κ2) is 73.3. The van der Waals surface area contributed by atoms with Gasteiger partial charge in [-0.15, -0.1) is 0 Å². The van der Waals surface area contributed by atoms with Crippen molar-refractivity contribution in [3.63, 3.8) is 0 Å². The second-order valence-corrected chi connectivity index (χ2v) is 26.0. The third kappa shape index (κ3) is 68.9. The Bertz CT molecular complexity index is 1400. The van der Waals surface area contributed by atoms with Gasteiger partial charge in [0.2, 0.25) is 5.91 Å². The molecule has 0 rings (SSSR count). The molecule has 0 bridgehead atoms. The monoisotopic (exact) mass is 1180 g/mol. The number of hydrogen-bond donors (Lipinski definition) is 3. The Morgan fingerprint density at radius 1 is 0.333 bits per heavy atom. The molecule has 0 aromatic heterocycles. The highest BCUT2D eigenvalue weighted by molar-refractivity contribution is 5.76.